The van der Waals surface area contributed by atoms with Crippen LogP contribution in [-0.4, -0.2) is 30.1 Å². The first kappa shape index (κ1) is 14.3. The van der Waals surface area contributed by atoms with Crippen molar-refractivity contribution in [3.8, 4) is 0 Å². The molecule has 1 saturated heterocycles. The minimum atomic E-state index is 0.429. The van der Waals surface area contributed by atoms with Gasteiger partial charge in [-0.2, -0.15) is 0 Å². The molecule has 0 spiro atoms. The quantitative estimate of drug-likeness (QED) is 0.725. The van der Waals surface area contributed by atoms with Crippen LogP contribution in [0.15, 0.2) is 0 Å². The predicted octanol–water partition coefficient (Wildman–Crippen LogP) is 3.40. The Morgan fingerprint density at radius 3 is 2.11 bits per heavy atom. The first-order valence-electron chi connectivity index (χ1n) is 7.98. The maximum atomic E-state index is 6.39. The molecule has 0 radical (unpaired) electrons. The van der Waals surface area contributed by atoms with E-state index in [1.54, 1.807) is 0 Å². The number of nitrogens with zero attached hydrogens (tertiary/aromatic N) is 1. The summed E-state index contributed by atoms with van der Waals surface area (Å²) in [6.45, 7) is 9.74. The second-order valence-electron chi connectivity index (χ2n) is 7.55. The molecule has 2 unspecified atom stereocenters. The minimum absolute atomic E-state index is 0.429. The van der Waals surface area contributed by atoms with Crippen LogP contribution in [0.25, 0.3) is 0 Å². The average molecular weight is 252 g/mol. The van der Waals surface area contributed by atoms with Crippen molar-refractivity contribution in [2.24, 2.45) is 17.1 Å². The van der Waals surface area contributed by atoms with Crippen LogP contribution in [0.1, 0.15) is 65.7 Å². The first-order valence-corrected chi connectivity index (χ1v) is 7.98. The molecular weight excluding hydrogens is 220 g/mol. The van der Waals surface area contributed by atoms with Crippen molar-refractivity contribution in [1.29, 1.82) is 0 Å². The zero-order valence-electron chi connectivity index (χ0n) is 12.6. The Morgan fingerprint density at radius 2 is 1.50 bits per heavy atom. The number of likely N-dealkylation sites (tertiary alicyclic amines) is 1. The zero-order valence-corrected chi connectivity index (χ0v) is 12.6. The first-order chi connectivity index (χ1) is 8.48. The Bertz CT molecular complexity index is 248. The molecule has 0 aromatic carbocycles. The van der Waals surface area contributed by atoms with Gasteiger partial charge in [0.2, 0.25) is 0 Å². The van der Waals surface area contributed by atoms with E-state index in [1.165, 1.54) is 58.0 Å². The Balaban J connectivity index is 1.88. The normalized spacial score (nSPS) is 33.3. The third-order valence-electron chi connectivity index (χ3n) is 5.25. The molecule has 1 aliphatic carbocycles. The monoisotopic (exact) mass is 252 g/mol. The standard InChI is InChI=1S/C16H32N2/c1-16(2,3)13-9-11-18(12-10-13)15-8-6-4-5-7-14(15)17/h13-15H,4-12,17H2,1-3H3. The van der Waals surface area contributed by atoms with Crippen LogP contribution in [0, 0.1) is 11.3 Å². The van der Waals surface area contributed by atoms with Gasteiger partial charge in [0.1, 0.15) is 0 Å². The van der Waals surface area contributed by atoms with Crippen molar-refractivity contribution in [3.63, 3.8) is 0 Å². The molecule has 2 nitrogen and oxygen atoms in total. The lowest BCUT2D eigenvalue weighted by atomic mass is 9.75. The molecule has 2 atom stereocenters. The molecule has 0 amide bonds. The fourth-order valence-electron chi connectivity index (χ4n) is 3.87. The van der Waals surface area contributed by atoms with E-state index in [0.717, 1.165) is 5.92 Å². The summed E-state index contributed by atoms with van der Waals surface area (Å²) < 4.78 is 0. The van der Waals surface area contributed by atoms with Crippen LogP contribution in [0.4, 0.5) is 0 Å². The Morgan fingerprint density at radius 1 is 0.889 bits per heavy atom. The topological polar surface area (TPSA) is 29.3 Å². The lowest BCUT2D eigenvalue weighted by Gasteiger charge is -2.43. The summed E-state index contributed by atoms with van der Waals surface area (Å²) in [6, 6.07) is 1.10. The molecule has 0 bridgehead atoms. The van der Waals surface area contributed by atoms with Gasteiger partial charge < -0.3 is 5.73 Å². The van der Waals surface area contributed by atoms with Crippen LogP contribution in [0.2, 0.25) is 0 Å². The highest BCUT2D eigenvalue weighted by atomic mass is 15.2. The minimum Gasteiger partial charge on any atom is -0.326 e. The molecule has 1 heterocycles. The largest absolute Gasteiger partial charge is 0.326 e. The lowest BCUT2D eigenvalue weighted by molar-refractivity contribution is 0.0705. The van der Waals surface area contributed by atoms with E-state index in [2.05, 4.69) is 25.7 Å². The number of nitrogens with two attached hydrogens (primary N) is 1. The number of hydrogen-bond acceptors (Lipinski definition) is 2. The summed E-state index contributed by atoms with van der Waals surface area (Å²) >= 11 is 0. The van der Waals surface area contributed by atoms with E-state index < -0.39 is 0 Å². The van der Waals surface area contributed by atoms with Gasteiger partial charge in [0.15, 0.2) is 0 Å². The van der Waals surface area contributed by atoms with Crippen molar-refractivity contribution in [2.45, 2.75) is 77.8 Å². The van der Waals surface area contributed by atoms with Crippen LogP contribution < -0.4 is 5.73 Å². The third-order valence-corrected chi connectivity index (χ3v) is 5.25. The smallest absolute Gasteiger partial charge is 0.0247 e. The zero-order chi connectivity index (χ0) is 13.2. The number of rotatable bonds is 1. The molecule has 2 rings (SSSR count). The Hall–Kier alpha value is -0.0800. The van der Waals surface area contributed by atoms with Crippen LogP contribution >= 0.6 is 0 Å². The van der Waals surface area contributed by atoms with E-state index in [9.17, 15) is 0 Å². The molecule has 18 heavy (non-hydrogen) atoms. The summed E-state index contributed by atoms with van der Waals surface area (Å²) in [4.78, 5) is 2.71. The van der Waals surface area contributed by atoms with Gasteiger partial charge in [-0.05, 0) is 50.1 Å². The molecule has 1 aliphatic heterocycles. The Labute approximate surface area is 113 Å². The molecule has 2 fully saturated rings. The van der Waals surface area contributed by atoms with Crippen molar-refractivity contribution < 1.29 is 0 Å². The van der Waals surface area contributed by atoms with E-state index in [1.807, 2.05) is 0 Å². The van der Waals surface area contributed by atoms with E-state index >= 15 is 0 Å². The second-order valence-corrected chi connectivity index (χ2v) is 7.55. The van der Waals surface area contributed by atoms with Crippen LogP contribution in [-0.2, 0) is 0 Å². The van der Waals surface area contributed by atoms with Crippen molar-refractivity contribution in [1.82, 2.24) is 4.90 Å². The third kappa shape index (κ3) is 3.48. The van der Waals surface area contributed by atoms with Crippen molar-refractivity contribution in [3.05, 3.63) is 0 Å². The second kappa shape index (κ2) is 5.92. The molecule has 0 aromatic rings. The highest BCUT2D eigenvalue weighted by Gasteiger charge is 2.33. The van der Waals surface area contributed by atoms with Gasteiger partial charge in [-0.15, -0.1) is 0 Å². The van der Waals surface area contributed by atoms with Gasteiger partial charge in [0.25, 0.3) is 0 Å². The highest BCUT2D eigenvalue weighted by molar-refractivity contribution is 4.89. The van der Waals surface area contributed by atoms with Crippen molar-refractivity contribution >= 4 is 0 Å². The van der Waals surface area contributed by atoms with Gasteiger partial charge in [-0.25, -0.2) is 0 Å². The summed E-state index contributed by atoms with van der Waals surface area (Å²) in [7, 11) is 0. The maximum absolute atomic E-state index is 6.39. The fourth-order valence-corrected chi connectivity index (χ4v) is 3.87. The van der Waals surface area contributed by atoms with Crippen LogP contribution in [0.5, 0.6) is 0 Å². The van der Waals surface area contributed by atoms with E-state index in [-0.39, 0.29) is 0 Å². The Kier molecular flexibility index (Phi) is 4.71. The summed E-state index contributed by atoms with van der Waals surface area (Å²) in [5.41, 5.74) is 6.87. The van der Waals surface area contributed by atoms with Gasteiger partial charge in [-0.3, -0.25) is 4.90 Å². The molecule has 2 N–H and O–H groups in total. The molecule has 2 heteroatoms. The molecule has 1 saturated carbocycles. The molecule has 106 valence electrons. The maximum Gasteiger partial charge on any atom is 0.0247 e. The number of piperidine rings is 1. The fraction of sp³-hybridized carbons (Fsp3) is 1.00. The van der Waals surface area contributed by atoms with Gasteiger partial charge in [0, 0.05) is 12.1 Å². The van der Waals surface area contributed by atoms with Crippen molar-refractivity contribution in [2.75, 3.05) is 13.1 Å². The molecule has 0 aromatic heterocycles. The summed E-state index contributed by atoms with van der Waals surface area (Å²) in [5, 5.41) is 0. The molecule has 2 aliphatic rings. The van der Waals surface area contributed by atoms with Gasteiger partial charge >= 0.3 is 0 Å². The molecular formula is C16H32N2. The van der Waals surface area contributed by atoms with Crippen LogP contribution in [0.3, 0.4) is 0 Å². The van der Waals surface area contributed by atoms with E-state index in [0.29, 0.717) is 17.5 Å². The van der Waals surface area contributed by atoms with E-state index in [4.69, 9.17) is 5.73 Å². The van der Waals surface area contributed by atoms with Gasteiger partial charge in [0.05, 0.1) is 0 Å². The SMILES string of the molecule is CC(C)(C)C1CCN(C2CCCCCC2N)CC1. The summed E-state index contributed by atoms with van der Waals surface area (Å²) in [6.07, 6.45) is 9.43. The highest BCUT2D eigenvalue weighted by Crippen LogP contribution is 2.35. The summed E-state index contributed by atoms with van der Waals surface area (Å²) in [5.74, 6) is 0.899. The predicted molar refractivity (Wildman–Crippen MR) is 78.6 cm³/mol. The number of hydrogen-bond donors (Lipinski definition) is 1. The van der Waals surface area contributed by atoms with Gasteiger partial charge in [-0.1, -0.05) is 40.0 Å². The lowest BCUT2D eigenvalue weighted by Crippen LogP contribution is -2.51. The average Bonchev–Trinajstić information content (AvgIpc) is 2.53.